The quantitative estimate of drug-likeness (QED) is 0.570. The molecule has 2 saturated heterocycles. The summed E-state index contributed by atoms with van der Waals surface area (Å²) < 4.78 is 39.2. The molecule has 0 spiro atoms. The molecule has 8 heteroatoms. The highest BCUT2D eigenvalue weighted by molar-refractivity contribution is 6.06. The van der Waals surface area contributed by atoms with Crippen LogP contribution in [0.15, 0.2) is 42.5 Å². The van der Waals surface area contributed by atoms with Gasteiger partial charge in [0, 0.05) is 43.1 Å². The van der Waals surface area contributed by atoms with Crippen molar-refractivity contribution < 1.29 is 22.8 Å². The van der Waals surface area contributed by atoms with E-state index in [-0.39, 0.29) is 11.5 Å². The van der Waals surface area contributed by atoms with Gasteiger partial charge in [0.2, 0.25) is 0 Å². The first-order valence-electron chi connectivity index (χ1n) is 12.3. The summed E-state index contributed by atoms with van der Waals surface area (Å²) >= 11 is 0. The second-order valence-corrected chi connectivity index (χ2v) is 9.91. The number of amides is 2. The topological polar surface area (TPSA) is 52.7 Å². The van der Waals surface area contributed by atoms with Gasteiger partial charge in [0.25, 0.3) is 11.8 Å². The zero-order valence-electron chi connectivity index (χ0n) is 20.2. The Kier molecular flexibility index (Phi) is 7.38. The van der Waals surface area contributed by atoms with E-state index in [0.29, 0.717) is 36.2 Å². The summed E-state index contributed by atoms with van der Waals surface area (Å²) in [5, 5.41) is 2.68. The van der Waals surface area contributed by atoms with Crippen molar-refractivity contribution >= 4 is 23.2 Å². The number of halogens is 3. The third-order valence-electron chi connectivity index (χ3n) is 7.13. The highest BCUT2D eigenvalue weighted by atomic mass is 19.4. The van der Waals surface area contributed by atoms with Crippen molar-refractivity contribution in [2.24, 2.45) is 11.8 Å². The molecule has 0 aromatic heterocycles. The van der Waals surface area contributed by atoms with Gasteiger partial charge in [-0.25, -0.2) is 0 Å². The highest BCUT2D eigenvalue weighted by Crippen LogP contribution is 2.32. The summed E-state index contributed by atoms with van der Waals surface area (Å²) in [6, 6.07) is 9.55. The molecule has 2 aromatic rings. The van der Waals surface area contributed by atoms with Crippen molar-refractivity contribution in [3.05, 3.63) is 59.2 Å². The second-order valence-electron chi connectivity index (χ2n) is 9.91. The number of anilines is 2. The highest BCUT2D eigenvalue weighted by Gasteiger charge is 2.31. The van der Waals surface area contributed by atoms with Gasteiger partial charge in [0.1, 0.15) is 0 Å². The minimum Gasteiger partial charge on any atom is -0.371 e. The normalized spacial score (nSPS) is 18.0. The molecule has 0 unspecified atom stereocenters. The van der Waals surface area contributed by atoms with E-state index in [1.54, 1.807) is 12.1 Å². The molecule has 35 heavy (non-hydrogen) atoms. The molecule has 4 rings (SSSR count). The van der Waals surface area contributed by atoms with Crippen LogP contribution in [0, 0.1) is 11.8 Å². The fraction of sp³-hybridized carbons (Fsp3) is 0.481. The van der Waals surface area contributed by atoms with Gasteiger partial charge in [-0.15, -0.1) is 0 Å². The predicted octanol–water partition coefficient (Wildman–Crippen LogP) is 6.07. The lowest BCUT2D eigenvalue weighted by Gasteiger charge is -2.35. The average molecular weight is 488 g/mol. The first kappa shape index (κ1) is 25.1. The molecule has 2 aromatic carbocycles. The van der Waals surface area contributed by atoms with Crippen LogP contribution in [0.2, 0.25) is 0 Å². The third kappa shape index (κ3) is 5.97. The standard InChI is InChI=1S/C27H32F3N3O2/c1-18-8-12-32(13-9-18)24-7-6-22(17-23(24)26(35)33-14-10-19(2)11-15-33)31-25(34)20-4-3-5-21(16-20)27(28,29)30/h3-7,16-19H,8-15H2,1-2H3,(H,31,34). The van der Waals surface area contributed by atoms with Crippen molar-refractivity contribution in [1.29, 1.82) is 0 Å². The van der Waals surface area contributed by atoms with Crippen LogP contribution in [0.4, 0.5) is 24.5 Å². The van der Waals surface area contributed by atoms with Gasteiger partial charge in [0.15, 0.2) is 0 Å². The Morgan fingerprint density at radius 1 is 0.886 bits per heavy atom. The zero-order valence-corrected chi connectivity index (χ0v) is 20.2. The third-order valence-corrected chi connectivity index (χ3v) is 7.13. The predicted molar refractivity (Wildman–Crippen MR) is 131 cm³/mol. The van der Waals surface area contributed by atoms with E-state index < -0.39 is 17.6 Å². The number of alkyl halides is 3. The van der Waals surface area contributed by atoms with Gasteiger partial charge in [-0.3, -0.25) is 9.59 Å². The SMILES string of the molecule is CC1CCN(C(=O)c2cc(NC(=O)c3cccc(C(F)(F)F)c3)ccc2N2CCC(C)CC2)CC1. The molecule has 2 amide bonds. The van der Waals surface area contributed by atoms with Gasteiger partial charge in [0.05, 0.1) is 11.1 Å². The van der Waals surface area contributed by atoms with E-state index in [9.17, 15) is 22.8 Å². The molecule has 2 fully saturated rings. The Labute approximate surface area is 204 Å². The lowest BCUT2D eigenvalue weighted by molar-refractivity contribution is -0.137. The number of benzene rings is 2. The Bertz CT molecular complexity index is 1070. The molecule has 0 saturated carbocycles. The Morgan fingerprint density at radius 3 is 2.14 bits per heavy atom. The summed E-state index contributed by atoms with van der Waals surface area (Å²) in [5.41, 5.74) is 0.783. The van der Waals surface area contributed by atoms with Crippen LogP contribution in [0.1, 0.15) is 65.8 Å². The molecule has 1 N–H and O–H groups in total. The van der Waals surface area contributed by atoms with Crippen LogP contribution in [0.5, 0.6) is 0 Å². The van der Waals surface area contributed by atoms with E-state index in [2.05, 4.69) is 24.1 Å². The Morgan fingerprint density at radius 2 is 1.51 bits per heavy atom. The number of nitrogens with zero attached hydrogens (tertiary/aromatic N) is 2. The van der Waals surface area contributed by atoms with Gasteiger partial charge in [-0.2, -0.15) is 13.2 Å². The van der Waals surface area contributed by atoms with Crippen LogP contribution in [0.3, 0.4) is 0 Å². The van der Waals surface area contributed by atoms with Crippen molar-refractivity contribution in [3.8, 4) is 0 Å². The number of carbonyl (C=O) groups excluding carboxylic acids is 2. The minimum atomic E-state index is -4.53. The lowest BCUT2D eigenvalue weighted by atomic mass is 9.96. The van der Waals surface area contributed by atoms with Crippen molar-refractivity contribution in [2.45, 2.75) is 45.7 Å². The summed E-state index contributed by atoms with van der Waals surface area (Å²) in [5.74, 6) is 0.502. The molecule has 0 radical (unpaired) electrons. The van der Waals surface area contributed by atoms with Crippen molar-refractivity contribution in [2.75, 3.05) is 36.4 Å². The van der Waals surface area contributed by atoms with E-state index in [1.165, 1.54) is 12.1 Å². The Hall–Kier alpha value is -3.03. The molecule has 188 valence electrons. The largest absolute Gasteiger partial charge is 0.416 e. The van der Waals surface area contributed by atoms with Crippen LogP contribution >= 0.6 is 0 Å². The molecule has 2 heterocycles. The van der Waals surface area contributed by atoms with Crippen LogP contribution in [-0.4, -0.2) is 42.9 Å². The number of nitrogens with one attached hydrogen (secondary N) is 1. The van der Waals surface area contributed by atoms with E-state index in [1.807, 2.05) is 11.0 Å². The number of carbonyl (C=O) groups is 2. The van der Waals surface area contributed by atoms with E-state index >= 15 is 0 Å². The van der Waals surface area contributed by atoms with Crippen molar-refractivity contribution in [1.82, 2.24) is 4.90 Å². The first-order chi connectivity index (χ1) is 16.6. The smallest absolute Gasteiger partial charge is 0.371 e. The zero-order chi connectivity index (χ0) is 25.2. The molecule has 0 bridgehead atoms. The number of hydrogen-bond acceptors (Lipinski definition) is 3. The summed E-state index contributed by atoms with van der Waals surface area (Å²) in [7, 11) is 0. The second kappa shape index (κ2) is 10.3. The fourth-order valence-corrected chi connectivity index (χ4v) is 4.73. The van der Waals surface area contributed by atoms with Crippen molar-refractivity contribution in [3.63, 3.8) is 0 Å². The minimum absolute atomic E-state index is 0.0688. The van der Waals surface area contributed by atoms with E-state index in [0.717, 1.165) is 56.6 Å². The summed E-state index contributed by atoms with van der Waals surface area (Å²) in [4.78, 5) is 30.4. The number of likely N-dealkylation sites (tertiary alicyclic amines) is 1. The molecule has 2 aliphatic heterocycles. The number of hydrogen-bond donors (Lipinski definition) is 1. The fourth-order valence-electron chi connectivity index (χ4n) is 4.73. The van der Waals surface area contributed by atoms with Gasteiger partial charge in [-0.1, -0.05) is 19.9 Å². The number of rotatable bonds is 4. The van der Waals surface area contributed by atoms with Gasteiger partial charge < -0.3 is 15.1 Å². The van der Waals surface area contributed by atoms with Crippen LogP contribution in [-0.2, 0) is 6.18 Å². The molecule has 0 atom stereocenters. The maximum Gasteiger partial charge on any atom is 0.416 e. The number of piperidine rings is 2. The molecule has 2 aliphatic rings. The monoisotopic (exact) mass is 487 g/mol. The molecule has 5 nitrogen and oxygen atoms in total. The Balaban J connectivity index is 1.60. The lowest BCUT2D eigenvalue weighted by Crippen LogP contribution is -2.40. The van der Waals surface area contributed by atoms with Gasteiger partial charge in [-0.05, 0) is 73.9 Å². The first-order valence-corrected chi connectivity index (χ1v) is 12.3. The molecule has 0 aliphatic carbocycles. The maximum atomic E-state index is 13.6. The van der Waals surface area contributed by atoms with Crippen LogP contribution < -0.4 is 10.2 Å². The maximum absolute atomic E-state index is 13.6. The van der Waals surface area contributed by atoms with Gasteiger partial charge >= 0.3 is 6.18 Å². The molecular formula is C27H32F3N3O2. The molecular weight excluding hydrogens is 455 g/mol. The van der Waals surface area contributed by atoms with Crippen LogP contribution in [0.25, 0.3) is 0 Å². The average Bonchev–Trinajstić information content (AvgIpc) is 2.84. The summed E-state index contributed by atoms with van der Waals surface area (Å²) in [6.07, 6.45) is -0.538. The van der Waals surface area contributed by atoms with E-state index in [4.69, 9.17) is 0 Å². The summed E-state index contributed by atoms with van der Waals surface area (Å²) in [6.45, 7) is 7.51.